The molecule has 1 aromatic carbocycles. The van der Waals surface area contributed by atoms with Crippen molar-refractivity contribution in [3.8, 4) is 18.0 Å². The van der Waals surface area contributed by atoms with Crippen LogP contribution in [0.5, 0.6) is 11.8 Å². The minimum absolute atomic E-state index is 0.197. The lowest BCUT2D eigenvalue weighted by Crippen LogP contribution is -2.49. The summed E-state index contributed by atoms with van der Waals surface area (Å²) in [4.78, 5) is 21.0. The molecule has 0 radical (unpaired) electrons. The molecular weight excluding hydrogens is 420 g/mol. The number of rotatable bonds is 7. The quantitative estimate of drug-likeness (QED) is 0.336. The maximum atomic E-state index is 13.0. The molecule has 0 saturated heterocycles. The minimum atomic E-state index is -0.240. The van der Waals surface area contributed by atoms with Crippen molar-refractivity contribution in [3.63, 3.8) is 0 Å². The van der Waals surface area contributed by atoms with Gasteiger partial charge < -0.3 is 25.4 Å². The van der Waals surface area contributed by atoms with Gasteiger partial charge in [0.05, 0.1) is 14.2 Å². The number of aliphatic imine (C=N–C) groups is 1. The Morgan fingerprint density at radius 1 is 1.18 bits per heavy atom. The molecular formula is C24H30N6O3. The van der Waals surface area contributed by atoms with Gasteiger partial charge in [0.1, 0.15) is 5.56 Å². The van der Waals surface area contributed by atoms with E-state index in [2.05, 4.69) is 38.1 Å². The summed E-state index contributed by atoms with van der Waals surface area (Å²) in [7, 11) is 4.73. The molecule has 1 saturated carbocycles. The number of nitriles is 1. The molecule has 1 aliphatic rings. The second-order valence-electron chi connectivity index (χ2n) is 7.97. The molecule has 0 bridgehead atoms. The fraction of sp³-hybridized carbons (Fsp3) is 0.417. The van der Waals surface area contributed by atoms with Gasteiger partial charge in [0.15, 0.2) is 0 Å². The van der Waals surface area contributed by atoms with E-state index in [0.29, 0.717) is 23.9 Å². The van der Waals surface area contributed by atoms with Gasteiger partial charge in [0.25, 0.3) is 5.91 Å². The smallest absolute Gasteiger partial charge is 0.256 e. The van der Waals surface area contributed by atoms with E-state index in [0.717, 1.165) is 25.7 Å². The van der Waals surface area contributed by atoms with Crippen molar-refractivity contribution < 1.29 is 14.3 Å². The molecule has 1 aliphatic carbocycles. The molecule has 0 unspecified atom stereocenters. The van der Waals surface area contributed by atoms with Crippen LogP contribution in [0, 0.1) is 11.5 Å². The minimum Gasteiger partial charge on any atom is -0.481 e. The van der Waals surface area contributed by atoms with E-state index in [1.165, 1.54) is 19.8 Å². The summed E-state index contributed by atoms with van der Waals surface area (Å²) >= 11 is 0. The normalized spacial score (nSPS) is 20.3. The third kappa shape index (κ3) is 5.71. The number of carbonyl (C=O) groups excluding carboxylic acids is 1. The summed E-state index contributed by atoms with van der Waals surface area (Å²) in [6.07, 6.45) is 5.31. The zero-order chi connectivity index (χ0) is 23.7. The maximum absolute atomic E-state index is 13.0. The van der Waals surface area contributed by atoms with Crippen molar-refractivity contribution in [2.75, 3.05) is 27.8 Å². The number of benzene rings is 1. The van der Waals surface area contributed by atoms with Gasteiger partial charge in [0.2, 0.25) is 23.9 Å². The lowest BCUT2D eigenvalue weighted by Gasteiger charge is -2.41. The summed E-state index contributed by atoms with van der Waals surface area (Å²) in [5.41, 5.74) is 1.36. The molecule has 174 valence electrons. The Labute approximate surface area is 194 Å². The standard InChI is InChI=1S/C24H30N6O3/c1-26-23(28-16-25)29-18-11-13-24(14-12-18,17-7-5-4-6-8-17)15-27-21(31)19-9-10-20(32-2)30-22(19)33-3/h4-10,18H,11-15H2,1-3H3,(H,27,31)(H2,26,28,29)/t18-,24-. The average molecular weight is 451 g/mol. The lowest BCUT2D eigenvalue weighted by molar-refractivity contribution is 0.0931. The van der Waals surface area contributed by atoms with Gasteiger partial charge in [-0.2, -0.15) is 10.2 Å². The molecule has 0 atom stereocenters. The van der Waals surface area contributed by atoms with Gasteiger partial charge in [0, 0.05) is 31.1 Å². The van der Waals surface area contributed by atoms with E-state index in [1.54, 1.807) is 19.2 Å². The number of hydrogen-bond donors (Lipinski definition) is 3. The van der Waals surface area contributed by atoms with Crippen LogP contribution in [0.15, 0.2) is 47.5 Å². The third-order valence-corrected chi connectivity index (χ3v) is 6.14. The zero-order valence-corrected chi connectivity index (χ0v) is 19.2. The van der Waals surface area contributed by atoms with Gasteiger partial charge in [-0.25, -0.2) is 0 Å². The van der Waals surface area contributed by atoms with Crippen molar-refractivity contribution in [2.24, 2.45) is 4.99 Å². The Bertz CT molecular complexity index is 1010. The van der Waals surface area contributed by atoms with Crippen molar-refractivity contribution >= 4 is 11.9 Å². The Morgan fingerprint density at radius 2 is 1.91 bits per heavy atom. The van der Waals surface area contributed by atoms with E-state index in [4.69, 9.17) is 14.7 Å². The zero-order valence-electron chi connectivity index (χ0n) is 19.2. The first kappa shape index (κ1) is 23.9. The van der Waals surface area contributed by atoms with Crippen LogP contribution in [-0.2, 0) is 5.41 Å². The highest BCUT2D eigenvalue weighted by Gasteiger charge is 2.37. The van der Waals surface area contributed by atoms with E-state index in [-0.39, 0.29) is 23.2 Å². The van der Waals surface area contributed by atoms with Crippen LogP contribution >= 0.6 is 0 Å². The number of hydrogen-bond acceptors (Lipinski definition) is 6. The summed E-state index contributed by atoms with van der Waals surface area (Å²) in [5, 5.41) is 18.2. The first-order chi connectivity index (χ1) is 16.0. The number of nitrogens with one attached hydrogen (secondary N) is 3. The molecule has 2 aromatic rings. The van der Waals surface area contributed by atoms with Gasteiger partial charge in [-0.3, -0.25) is 4.79 Å². The molecule has 0 spiro atoms. The molecule has 9 nitrogen and oxygen atoms in total. The SMILES string of the molecule is CN/C(=N\C#N)N[C@H]1CC[C@](CNC(=O)c2ccc(OC)nc2OC)(c2ccccc2)CC1. The van der Waals surface area contributed by atoms with Crippen LogP contribution in [0.25, 0.3) is 0 Å². The van der Waals surface area contributed by atoms with E-state index < -0.39 is 0 Å². The van der Waals surface area contributed by atoms with E-state index in [1.807, 2.05) is 24.4 Å². The monoisotopic (exact) mass is 450 g/mol. The first-order valence-corrected chi connectivity index (χ1v) is 10.9. The average Bonchev–Trinajstić information content (AvgIpc) is 2.88. The van der Waals surface area contributed by atoms with Crippen LogP contribution in [0.1, 0.15) is 41.6 Å². The second kappa shape index (κ2) is 11.2. The molecule has 1 aromatic heterocycles. The Hall–Kier alpha value is -3.80. The predicted octanol–water partition coefficient (Wildman–Crippen LogP) is 2.36. The Morgan fingerprint density at radius 3 is 2.52 bits per heavy atom. The highest BCUT2D eigenvalue weighted by atomic mass is 16.5. The molecule has 1 heterocycles. The molecule has 1 fully saturated rings. The number of ether oxygens (including phenoxy) is 2. The summed E-state index contributed by atoms with van der Waals surface area (Å²) in [5.74, 6) is 0.846. The number of amides is 1. The van der Waals surface area contributed by atoms with Crippen molar-refractivity contribution in [1.82, 2.24) is 20.9 Å². The van der Waals surface area contributed by atoms with Gasteiger partial charge in [-0.05, 0) is 37.3 Å². The van der Waals surface area contributed by atoms with Crippen LogP contribution < -0.4 is 25.4 Å². The maximum Gasteiger partial charge on any atom is 0.256 e. The van der Waals surface area contributed by atoms with Crippen molar-refractivity contribution in [1.29, 1.82) is 5.26 Å². The summed E-state index contributed by atoms with van der Waals surface area (Å²) in [6.45, 7) is 0.489. The van der Waals surface area contributed by atoms with Crippen LogP contribution in [0.3, 0.4) is 0 Å². The van der Waals surface area contributed by atoms with Gasteiger partial charge in [-0.1, -0.05) is 30.3 Å². The third-order valence-electron chi connectivity index (χ3n) is 6.14. The van der Waals surface area contributed by atoms with E-state index in [9.17, 15) is 4.79 Å². The lowest BCUT2D eigenvalue weighted by atomic mass is 9.68. The largest absolute Gasteiger partial charge is 0.481 e. The summed E-state index contributed by atoms with van der Waals surface area (Å²) < 4.78 is 10.4. The predicted molar refractivity (Wildman–Crippen MR) is 125 cm³/mol. The number of carbonyl (C=O) groups is 1. The molecule has 33 heavy (non-hydrogen) atoms. The number of guanidine groups is 1. The summed E-state index contributed by atoms with van der Waals surface area (Å²) in [6, 6.07) is 13.8. The van der Waals surface area contributed by atoms with Gasteiger partial charge >= 0.3 is 0 Å². The van der Waals surface area contributed by atoms with Crippen LogP contribution in [0.4, 0.5) is 0 Å². The first-order valence-electron chi connectivity index (χ1n) is 10.9. The highest BCUT2D eigenvalue weighted by Crippen LogP contribution is 2.39. The second-order valence-corrected chi connectivity index (χ2v) is 7.97. The topological polar surface area (TPSA) is 121 Å². The Balaban J connectivity index is 1.75. The fourth-order valence-corrected chi connectivity index (χ4v) is 4.29. The molecule has 9 heteroatoms. The van der Waals surface area contributed by atoms with Crippen molar-refractivity contribution in [2.45, 2.75) is 37.1 Å². The number of pyridine rings is 1. The van der Waals surface area contributed by atoms with Crippen molar-refractivity contribution in [3.05, 3.63) is 53.6 Å². The van der Waals surface area contributed by atoms with Crippen LogP contribution in [-0.4, -0.2) is 50.7 Å². The van der Waals surface area contributed by atoms with Crippen LogP contribution in [0.2, 0.25) is 0 Å². The molecule has 3 rings (SSSR count). The Kier molecular flexibility index (Phi) is 8.08. The fourth-order valence-electron chi connectivity index (χ4n) is 4.29. The molecule has 3 N–H and O–H groups in total. The number of nitrogens with zero attached hydrogens (tertiary/aromatic N) is 3. The highest BCUT2D eigenvalue weighted by molar-refractivity contribution is 5.96. The molecule has 1 amide bonds. The number of aromatic nitrogens is 1. The molecule has 0 aliphatic heterocycles. The number of methoxy groups -OCH3 is 2. The van der Waals surface area contributed by atoms with E-state index >= 15 is 0 Å². The van der Waals surface area contributed by atoms with Gasteiger partial charge in [-0.15, -0.1) is 4.99 Å².